The third-order valence-corrected chi connectivity index (χ3v) is 7.42. The Morgan fingerprint density at radius 1 is 1.03 bits per heavy atom. The van der Waals surface area contributed by atoms with E-state index in [1.807, 2.05) is 50.2 Å². The highest BCUT2D eigenvalue weighted by atomic mass is 19.1. The van der Waals surface area contributed by atoms with Gasteiger partial charge in [0.15, 0.2) is 5.78 Å². The van der Waals surface area contributed by atoms with Crippen LogP contribution in [-0.2, 0) is 17.6 Å². The molecule has 2 unspecified atom stereocenters. The molecule has 0 bridgehead atoms. The first-order valence-electron chi connectivity index (χ1n) is 14.3. The maximum absolute atomic E-state index is 13.6. The average molecular weight is 531 g/mol. The van der Waals surface area contributed by atoms with Crippen molar-refractivity contribution in [3.8, 4) is 17.3 Å². The number of ketones is 2. The molecule has 1 heterocycles. The third-order valence-electron chi connectivity index (χ3n) is 7.42. The topological polar surface area (TPSA) is 70.8 Å². The highest BCUT2D eigenvalue weighted by molar-refractivity contribution is 5.98. The molecule has 1 aliphatic rings. The summed E-state index contributed by atoms with van der Waals surface area (Å²) in [5.74, 6) is 0.164. The molecule has 0 amide bonds. The minimum absolute atomic E-state index is 0. The lowest BCUT2D eigenvalue weighted by Gasteiger charge is -2.35. The average Bonchev–Trinajstić information content (AvgIpc) is 2.95. The largest absolute Gasteiger partial charge is 0.299 e. The van der Waals surface area contributed by atoms with Crippen LogP contribution in [0.3, 0.4) is 0 Å². The van der Waals surface area contributed by atoms with Crippen LogP contribution in [0.5, 0.6) is 0 Å². The molecule has 0 radical (unpaired) electrons. The summed E-state index contributed by atoms with van der Waals surface area (Å²) in [4.78, 5) is 30.9. The first-order valence-corrected chi connectivity index (χ1v) is 14.3. The Morgan fingerprint density at radius 3 is 2.51 bits per heavy atom. The number of rotatable bonds is 12. The minimum Gasteiger partial charge on any atom is -0.299 e. The lowest BCUT2D eigenvalue weighted by molar-refractivity contribution is -0.128. The quantitative estimate of drug-likeness (QED) is 0.219. The van der Waals surface area contributed by atoms with E-state index in [4.69, 9.17) is 4.98 Å². The molecular formula is C34H43FN2O2. The van der Waals surface area contributed by atoms with Gasteiger partial charge in [0.1, 0.15) is 11.6 Å². The summed E-state index contributed by atoms with van der Waals surface area (Å²) in [5, 5.41) is 9.55. The number of pyridine rings is 1. The van der Waals surface area contributed by atoms with Crippen LogP contribution < -0.4 is 0 Å². The van der Waals surface area contributed by atoms with Gasteiger partial charge < -0.3 is 0 Å². The first kappa shape index (κ1) is 29.9. The van der Waals surface area contributed by atoms with E-state index in [2.05, 4.69) is 13.0 Å². The molecule has 1 aromatic heterocycles. The molecule has 3 aromatic rings. The fourth-order valence-electron chi connectivity index (χ4n) is 5.17. The molecule has 2 atom stereocenters. The number of benzene rings is 2. The molecule has 0 spiro atoms. The van der Waals surface area contributed by atoms with Crippen LogP contribution in [0.15, 0.2) is 60.7 Å². The van der Waals surface area contributed by atoms with Gasteiger partial charge in [-0.25, -0.2) is 4.39 Å². The molecule has 1 saturated carbocycles. The predicted octanol–water partition coefficient (Wildman–Crippen LogP) is 8.81. The SMILES string of the molecule is CC.CCCCC(=O)C1CCC1CC(=O)c1ccc(-c2ccccc2C#N)nc1CCCc1cccc(F)c1.[HH].[HH]. The molecule has 0 aliphatic heterocycles. The predicted molar refractivity (Wildman–Crippen MR) is 158 cm³/mol. The van der Waals surface area contributed by atoms with Crippen molar-refractivity contribution in [3.63, 3.8) is 0 Å². The second-order valence-corrected chi connectivity index (χ2v) is 9.97. The standard InChI is InChI=1S/C32H33FN2O2.C2H6.2H2/c1-2-3-14-31(36)27-16-15-23(27)20-32(37)28-17-18-30(26-12-5-4-10-24(26)21-34)35-29(28)13-7-9-22-8-6-11-25(33)19-22;1-2;;/h4-6,8,10-12,17-19,23,27H,2-3,7,9,13-16,20H2,1H3;1-2H3;2*1H. The lowest BCUT2D eigenvalue weighted by atomic mass is 9.68. The van der Waals surface area contributed by atoms with Gasteiger partial charge in [0.2, 0.25) is 0 Å². The van der Waals surface area contributed by atoms with E-state index >= 15 is 0 Å². The summed E-state index contributed by atoms with van der Waals surface area (Å²) < 4.78 is 13.6. The lowest BCUT2D eigenvalue weighted by Crippen LogP contribution is -2.34. The maximum Gasteiger partial charge on any atom is 0.165 e. The molecule has 39 heavy (non-hydrogen) atoms. The van der Waals surface area contributed by atoms with Crippen molar-refractivity contribution in [2.45, 2.75) is 78.6 Å². The summed E-state index contributed by atoms with van der Waals surface area (Å²) in [7, 11) is 0. The number of halogens is 1. The van der Waals surface area contributed by atoms with Gasteiger partial charge in [-0.05, 0) is 80.3 Å². The number of aromatic nitrogens is 1. The molecule has 1 fully saturated rings. The number of hydrogen-bond donors (Lipinski definition) is 0. The van der Waals surface area contributed by atoms with Crippen molar-refractivity contribution in [3.05, 3.63) is 88.9 Å². The van der Waals surface area contributed by atoms with Gasteiger partial charge in [-0.15, -0.1) is 0 Å². The molecule has 2 aromatic carbocycles. The second kappa shape index (κ2) is 15.1. The number of carbonyl (C=O) groups is 2. The Hall–Kier alpha value is -3.65. The van der Waals surface area contributed by atoms with Gasteiger partial charge in [-0.1, -0.05) is 57.5 Å². The van der Waals surface area contributed by atoms with Gasteiger partial charge in [0, 0.05) is 32.7 Å². The smallest absolute Gasteiger partial charge is 0.165 e. The third kappa shape index (κ3) is 7.93. The van der Waals surface area contributed by atoms with Gasteiger partial charge in [-0.3, -0.25) is 14.6 Å². The fourth-order valence-corrected chi connectivity index (χ4v) is 5.17. The van der Waals surface area contributed by atoms with Crippen LogP contribution in [0.1, 0.15) is 95.7 Å². The number of Topliss-reactive ketones (excluding diaryl/α,β-unsaturated/α-hetero) is 2. The summed E-state index contributed by atoms with van der Waals surface area (Å²) in [6.07, 6.45) is 6.58. The zero-order chi connectivity index (χ0) is 28.2. The molecule has 1 aliphatic carbocycles. The maximum atomic E-state index is 13.6. The number of hydrogen-bond acceptors (Lipinski definition) is 4. The number of carbonyl (C=O) groups excluding carboxylic acids is 2. The van der Waals surface area contributed by atoms with E-state index in [0.29, 0.717) is 60.4 Å². The van der Waals surface area contributed by atoms with Gasteiger partial charge in [-0.2, -0.15) is 5.26 Å². The second-order valence-electron chi connectivity index (χ2n) is 9.97. The molecular weight excluding hydrogens is 487 g/mol. The summed E-state index contributed by atoms with van der Waals surface area (Å²) in [6, 6.07) is 19.7. The number of unbranched alkanes of at least 4 members (excludes halogenated alkanes) is 1. The molecule has 0 saturated heterocycles. The van der Waals surface area contributed by atoms with Crippen molar-refractivity contribution >= 4 is 11.6 Å². The molecule has 4 rings (SSSR count). The van der Waals surface area contributed by atoms with Crippen LogP contribution in [-0.4, -0.2) is 16.6 Å². The van der Waals surface area contributed by atoms with Crippen LogP contribution >= 0.6 is 0 Å². The number of nitriles is 1. The Morgan fingerprint density at radius 2 is 1.82 bits per heavy atom. The highest BCUT2D eigenvalue weighted by Crippen LogP contribution is 2.39. The summed E-state index contributed by atoms with van der Waals surface area (Å²) in [5.41, 5.74) is 4.11. The monoisotopic (exact) mass is 530 g/mol. The zero-order valence-corrected chi connectivity index (χ0v) is 23.4. The zero-order valence-electron chi connectivity index (χ0n) is 23.4. The fraction of sp³-hybridized carbons (Fsp3) is 0.412. The Bertz CT molecular complexity index is 1320. The van der Waals surface area contributed by atoms with E-state index < -0.39 is 0 Å². The Kier molecular flexibility index (Phi) is 11.6. The van der Waals surface area contributed by atoms with Crippen LogP contribution in [0.4, 0.5) is 4.39 Å². The van der Waals surface area contributed by atoms with Crippen LogP contribution in [0, 0.1) is 29.0 Å². The van der Waals surface area contributed by atoms with Crippen molar-refractivity contribution in [1.82, 2.24) is 4.98 Å². The van der Waals surface area contributed by atoms with Gasteiger partial charge in [0.05, 0.1) is 23.0 Å². The molecule has 0 N–H and O–H groups in total. The highest BCUT2D eigenvalue weighted by Gasteiger charge is 2.37. The van der Waals surface area contributed by atoms with E-state index in [-0.39, 0.29) is 26.3 Å². The van der Waals surface area contributed by atoms with Crippen LogP contribution in [0.25, 0.3) is 11.3 Å². The molecule has 208 valence electrons. The van der Waals surface area contributed by atoms with E-state index in [1.54, 1.807) is 12.1 Å². The van der Waals surface area contributed by atoms with Crippen LogP contribution in [0.2, 0.25) is 0 Å². The van der Waals surface area contributed by atoms with E-state index in [9.17, 15) is 19.2 Å². The summed E-state index contributed by atoms with van der Waals surface area (Å²) in [6.45, 7) is 6.08. The van der Waals surface area contributed by atoms with Crippen molar-refractivity contribution in [1.29, 1.82) is 5.26 Å². The van der Waals surface area contributed by atoms with Crippen molar-refractivity contribution in [2.24, 2.45) is 11.8 Å². The molecule has 5 heteroatoms. The normalized spacial score (nSPS) is 15.9. The number of nitrogens with zero attached hydrogens (tertiary/aromatic N) is 2. The van der Waals surface area contributed by atoms with Crippen molar-refractivity contribution in [2.75, 3.05) is 0 Å². The number of aryl methyl sites for hydroxylation is 2. The Labute approximate surface area is 235 Å². The first-order chi connectivity index (χ1) is 19.0. The Balaban J connectivity index is 0.00000206. The van der Waals surface area contributed by atoms with Crippen molar-refractivity contribution < 1.29 is 16.8 Å². The van der Waals surface area contributed by atoms with E-state index in [1.165, 1.54) is 12.1 Å². The minimum atomic E-state index is -0.259. The molecule has 4 nitrogen and oxygen atoms in total. The van der Waals surface area contributed by atoms with Gasteiger partial charge >= 0.3 is 0 Å². The van der Waals surface area contributed by atoms with Gasteiger partial charge in [0.25, 0.3) is 0 Å². The summed E-state index contributed by atoms with van der Waals surface area (Å²) >= 11 is 0. The van der Waals surface area contributed by atoms with E-state index in [0.717, 1.165) is 36.8 Å².